The third-order valence-corrected chi connectivity index (χ3v) is 5.06. The van der Waals surface area contributed by atoms with Crippen molar-refractivity contribution in [2.75, 3.05) is 6.54 Å². The van der Waals surface area contributed by atoms with Gasteiger partial charge in [-0.05, 0) is 16.7 Å². The van der Waals surface area contributed by atoms with Crippen molar-refractivity contribution in [3.8, 4) is 0 Å². The highest BCUT2D eigenvalue weighted by atomic mass is 16.6. The molecule has 0 unspecified atom stereocenters. The Morgan fingerprint density at radius 1 is 0.808 bits per heavy atom. The van der Waals surface area contributed by atoms with Gasteiger partial charge in [-0.25, -0.2) is 0 Å². The van der Waals surface area contributed by atoms with Gasteiger partial charge < -0.3 is 0 Å². The minimum atomic E-state index is -0.346. The topological polar surface area (TPSA) is 60.2 Å². The molecule has 128 valence electrons. The summed E-state index contributed by atoms with van der Waals surface area (Å²) < 4.78 is 0. The fourth-order valence-electron chi connectivity index (χ4n) is 3.96. The second-order valence-electron chi connectivity index (χ2n) is 6.51. The maximum absolute atomic E-state index is 12.9. The van der Waals surface area contributed by atoms with Crippen LogP contribution in [-0.2, 0) is 0 Å². The lowest BCUT2D eigenvalue weighted by molar-refractivity contribution is -0.483. The smallest absolute Gasteiger partial charge is 0.211 e. The first-order chi connectivity index (χ1) is 12.7. The van der Waals surface area contributed by atoms with Crippen molar-refractivity contribution in [2.45, 2.75) is 11.8 Å². The van der Waals surface area contributed by atoms with Crippen LogP contribution in [0.4, 0.5) is 0 Å². The van der Waals surface area contributed by atoms with Crippen LogP contribution in [0.2, 0.25) is 0 Å². The van der Waals surface area contributed by atoms with Crippen molar-refractivity contribution in [2.24, 2.45) is 0 Å². The molecule has 1 aliphatic rings. The fourth-order valence-corrected chi connectivity index (χ4v) is 3.96. The molecule has 4 heteroatoms. The monoisotopic (exact) mass is 343 g/mol. The predicted molar refractivity (Wildman–Crippen MR) is 99.2 cm³/mol. The number of carbonyl (C=O) groups is 1. The molecule has 0 amide bonds. The molecule has 0 saturated heterocycles. The molecule has 1 atom stereocenters. The van der Waals surface area contributed by atoms with Gasteiger partial charge in [0, 0.05) is 22.0 Å². The Morgan fingerprint density at radius 3 is 1.85 bits per heavy atom. The Kier molecular flexibility index (Phi) is 4.09. The molecule has 0 aliphatic heterocycles. The first kappa shape index (κ1) is 16.2. The van der Waals surface area contributed by atoms with Crippen LogP contribution in [0, 0.1) is 10.1 Å². The molecule has 4 nitrogen and oxygen atoms in total. The molecule has 0 N–H and O–H groups in total. The van der Waals surface area contributed by atoms with Crippen molar-refractivity contribution >= 4 is 5.78 Å². The van der Waals surface area contributed by atoms with Crippen molar-refractivity contribution in [3.63, 3.8) is 0 Å². The molecule has 0 spiro atoms. The number of rotatable bonds is 4. The number of ketones is 1. The van der Waals surface area contributed by atoms with Crippen molar-refractivity contribution in [1.82, 2.24) is 0 Å². The summed E-state index contributed by atoms with van der Waals surface area (Å²) >= 11 is 0. The molecule has 3 aromatic rings. The SMILES string of the molecule is O=C1c2ccccc2C([C@@H](C[N+](=O)[O-])c2ccccc2)c2ccccc21. The van der Waals surface area contributed by atoms with Crippen LogP contribution in [-0.4, -0.2) is 17.3 Å². The third-order valence-electron chi connectivity index (χ3n) is 5.06. The van der Waals surface area contributed by atoms with Crippen molar-refractivity contribution in [1.29, 1.82) is 0 Å². The maximum Gasteiger partial charge on any atom is 0.211 e. The van der Waals surface area contributed by atoms with E-state index in [9.17, 15) is 14.9 Å². The molecule has 0 radical (unpaired) electrons. The van der Waals surface area contributed by atoms with E-state index >= 15 is 0 Å². The third kappa shape index (κ3) is 2.69. The summed E-state index contributed by atoms with van der Waals surface area (Å²) in [7, 11) is 0. The van der Waals surface area contributed by atoms with E-state index in [4.69, 9.17) is 0 Å². The normalized spacial score (nSPS) is 14.4. The molecular weight excluding hydrogens is 326 g/mol. The van der Waals surface area contributed by atoms with E-state index in [1.54, 1.807) is 0 Å². The van der Waals surface area contributed by atoms with E-state index in [-0.39, 0.29) is 29.1 Å². The zero-order valence-electron chi connectivity index (χ0n) is 14.0. The lowest BCUT2D eigenvalue weighted by Gasteiger charge is -2.32. The Bertz CT molecular complexity index is 932. The molecule has 0 saturated carbocycles. The first-order valence-corrected chi connectivity index (χ1v) is 8.56. The van der Waals surface area contributed by atoms with E-state index in [1.165, 1.54) is 0 Å². The van der Waals surface area contributed by atoms with Gasteiger partial charge in [0.1, 0.15) is 0 Å². The Hall–Kier alpha value is -3.27. The van der Waals surface area contributed by atoms with Gasteiger partial charge >= 0.3 is 0 Å². The number of hydrogen-bond acceptors (Lipinski definition) is 3. The second-order valence-corrected chi connectivity index (χ2v) is 6.51. The van der Waals surface area contributed by atoms with Crippen LogP contribution in [0.3, 0.4) is 0 Å². The summed E-state index contributed by atoms with van der Waals surface area (Å²) in [5.41, 5.74) is 3.92. The lowest BCUT2D eigenvalue weighted by Crippen LogP contribution is -2.27. The summed E-state index contributed by atoms with van der Waals surface area (Å²) in [4.78, 5) is 24.1. The van der Waals surface area contributed by atoms with Crippen LogP contribution in [0.15, 0.2) is 78.9 Å². The fraction of sp³-hybridized carbons (Fsp3) is 0.136. The molecule has 1 aliphatic carbocycles. The molecule has 26 heavy (non-hydrogen) atoms. The van der Waals surface area contributed by atoms with Gasteiger partial charge in [-0.1, -0.05) is 78.9 Å². The van der Waals surface area contributed by atoms with E-state index < -0.39 is 0 Å². The zero-order chi connectivity index (χ0) is 18.1. The number of benzene rings is 3. The number of nitro groups is 1. The van der Waals surface area contributed by atoms with E-state index in [0.717, 1.165) is 16.7 Å². The van der Waals surface area contributed by atoms with Crippen LogP contribution < -0.4 is 0 Å². The van der Waals surface area contributed by atoms with Crippen molar-refractivity contribution in [3.05, 3.63) is 117 Å². The van der Waals surface area contributed by atoms with Gasteiger partial charge in [0.05, 0.1) is 5.92 Å². The van der Waals surface area contributed by atoms with Crippen LogP contribution in [0.1, 0.15) is 44.4 Å². The summed E-state index contributed by atoms with van der Waals surface area (Å²) in [5, 5.41) is 11.5. The van der Waals surface area contributed by atoms with Crippen LogP contribution >= 0.6 is 0 Å². The van der Waals surface area contributed by atoms with E-state index in [2.05, 4.69) is 0 Å². The minimum absolute atomic E-state index is 0.0136. The van der Waals surface area contributed by atoms with E-state index in [0.29, 0.717) is 11.1 Å². The number of hydrogen-bond donors (Lipinski definition) is 0. The number of nitrogens with zero attached hydrogens (tertiary/aromatic N) is 1. The second kappa shape index (κ2) is 6.56. The van der Waals surface area contributed by atoms with Crippen LogP contribution in [0.5, 0.6) is 0 Å². The highest BCUT2D eigenvalue weighted by Crippen LogP contribution is 2.45. The van der Waals surface area contributed by atoms with Crippen molar-refractivity contribution < 1.29 is 9.72 Å². The van der Waals surface area contributed by atoms with E-state index in [1.807, 2.05) is 78.9 Å². The molecule has 0 aromatic heterocycles. The highest BCUT2D eigenvalue weighted by Gasteiger charge is 2.38. The molecular formula is C22H17NO3. The molecule has 0 fully saturated rings. The number of fused-ring (bicyclic) bond motifs is 2. The van der Waals surface area contributed by atoms with Gasteiger partial charge in [-0.2, -0.15) is 0 Å². The standard InChI is InChI=1S/C22H17NO3/c24-22-18-12-6-4-10-16(18)21(17-11-5-7-13-19(17)22)20(14-23(25)26)15-8-2-1-3-9-15/h1-13,20-21H,14H2/t20-/m0/s1. The summed E-state index contributed by atoms with van der Waals surface area (Å²) in [6.07, 6.45) is 0. The quantitative estimate of drug-likeness (QED) is 0.520. The minimum Gasteiger partial charge on any atom is -0.289 e. The largest absolute Gasteiger partial charge is 0.289 e. The maximum atomic E-state index is 12.9. The Labute approximate surface area is 151 Å². The summed E-state index contributed by atoms with van der Waals surface area (Å²) in [6, 6.07) is 24.5. The van der Waals surface area contributed by atoms with Gasteiger partial charge in [-0.3, -0.25) is 14.9 Å². The van der Waals surface area contributed by atoms with Gasteiger partial charge in [0.25, 0.3) is 0 Å². The van der Waals surface area contributed by atoms with Gasteiger partial charge in [-0.15, -0.1) is 0 Å². The molecule has 3 aromatic carbocycles. The Morgan fingerprint density at radius 2 is 1.31 bits per heavy atom. The predicted octanol–water partition coefficient (Wildman–Crippen LogP) is 4.42. The average molecular weight is 343 g/mol. The van der Waals surface area contributed by atoms with Gasteiger partial charge in [0.15, 0.2) is 5.78 Å². The zero-order valence-corrected chi connectivity index (χ0v) is 14.0. The molecule has 0 bridgehead atoms. The van der Waals surface area contributed by atoms with Gasteiger partial charge in [0.2, 0.25) is 6.54 Å². The number of carbonyl (C=O) groups excluding carboxylic acids is 1. The molecule has 4 rings (SSSR count). The molecule has 0 heterocycles. The highest BCUT2D eigenvalue weighted by molar-refractivity contribution is 6.12. The lowest BCUT2D eigenvalue weighted by atomic mass is 9.70. The Balaban J connectivity index is 1.95. The first-order valence-electron chi connectivity index (χ1n) is 8.56. The summed E-state index contributed by atoms with van der Waals surface area (Å²) in [5.74, 6) is -0.588. The van der Waals surface area contributed by atoms with Crippen LogP contribution in [0.25, 0.3) is 0 Å². The summed E-state index contributed by atoms with van der Waals surface area (Å²) in [6.45, 7) is -0.189. The average Bonchev–Trinajstić information content (AvgIpc) is 2.68.